The number of aliphatic hydroxyl groups is 1. The number of rotatable bonds is 5. The lowest BCUT2D eigenvalue weighted by atomic mass is 10.0. The van der Waals surface area contributed by atoms with Crippen molar-refractivity contribution >= 4 is 5.97 Å². The largest absolute Gasteiger partial charge is 0.463 e. The van der Waals surface area contributed by atoms with E-state index in [0.29, 0.717) is 17.6 Å². The first-order valence-electron chi connectivity index (χ1n) is 7.35. The fourth-order valence-corrected chi connectivity index (χ4v) is 2.93. The highest BCUT2D eigenvalue weighted by atomic mass is 19.4. The van der Waals surface area contributed by atoms with Crippen LogP contribution in [0.3, 0.4) is 0 Å². The predicted molar refractivity (Wildman–Crippen MR) is 68.9 cm³/mol. The second-order valence-electron chi connectivity index (χ2n) is 5.97. The number of carbonyl (C=O) groups excluding carboxylic acids is 1. The van der Waals surface area contributed by atoms with Crippen molar-refractivity contribution in [2.45, 2.75) is 43.9 Å². The second kappa shape index (κ2) is 5.01. The Kier molecular flexibility index (Phi) is 3.51. The summed E-state index contributed by atoms with van der Waals surface area (Å²) in [4.78, 5) is 11.6. The Bertz CT molecular complexity index is 576. The number of esters is 1. The van der Waals surface area contributed by atoms with Gasteiger partial charge in [-0.05, 0) is 50.2 Å². The molecule has 3 rings (SSSR count). The molecule has 2 fully saturated rings. The summed E-state index contributed by atoms with van der Waals surface area (Å²) in [5, 5.41) is 9.93. The summed E-state index contributed by atoms with van der Waals surface area (Å²) in [6.07, 6.45) is -2.01. The quantitative estimate of drug-likeness (QED) is 0.848. The van der Waals surface area contributed by atoms with Gasteiger partial charge in [0.15, 0.2) is 5.76 Å². The smallest absolute Gasteiger partial charge is 0.435 e. The van der Waals surface area contributed by atoms with E-state index in [1.807, 2.05) is 0 Å². The summed E-state index contributed by atoms with van der Waals surface area (Å²) in [5.41, 5.74) is -3.76. The summed E-state index contributed by atoms with van der Waals surface area (Å²) in [6.45, 7) is 1.10. The van der Waals surface area contributed by atoms with Gasteiger partial charge in [0.2, 0.25) is 0 Å². The van der Waals surface area contributed by atoms with E-state index >= 15 is 0 Å². The molecule has 2 aliphatic carbocycles. The average molecular weight is 318 g/mol. The highest BCUT2D eigenvalue weighted by Gasteiger charge is 2.64. The van der Waals surface area contributed by atoms with E-state index in [-0.39, 0.29) is 12.5 Å². The molecule has 4 nitrogen and oxygen atoms in total. The number of alkyl halides is 3. The van der Waals surface area contributed by atoms with Gasteiger partial charge in [-0.3, -0.25) is 0 Å². The molecule has 2 saturated carbocycles. The third-order valence-electron chi connectivity index (χ3n) is 4.40. The molecule has 1 aromatic rings. The van der Waals surface area contributed by atoms with Crippen LogP contribution in [-0.4, -0.2) is 23.9 Å². The van der Waals surface area contributed by atoms with E-state index in [4.69, 9.17) is 4.42 Å². The van der Waals surface area contributed by atoms with Crippen LogP contribution in [0.2, 0.25) is 0 Å². The van der Waals surface area contributed by atoms with Gasteiger partial charge >= 0.3 is 17.7 Å². The Morgan fingerprint density at radius 2 is 2.09 bits per heavy atom. The number of carbonyl (C=O) groups is 1. The number of ether oxygens (including phenoxy) is 1. The highest BCUT2D eigenvalue weighted by molar-refractivity contribution is 5.81. The molecule has 122 valence electrons. The van der Waals surface area contributed by atoms with Gasteiger partial charge in [-0.2, -0.15) is 13.2 Å². The molecule has 0 bridgehead atoms. The Morgan fingerprint density at radius 3 is 2.64 bits per heavy atom. The minimum atomic E-state index is -5.21. The van der Waals surface area contributed by atoms with Crippen molar-refractivity contribution in [1.82, 2.24) is 0 Å². The van der Waals surface area contributed by atoms with Crippen molar-refractivity contribution in [3.63, 3.8) is 0 Å². The maximum atomic E-state index is 13.2. The zero-order chi connectivity index (χ0) is 16.1. The minimum absolute atomic E-state index is 0.0981. The molecule has 0 spiro atoms. The van der Waals surface area contributed by atoms with Gasteiger partial charge in [0.05, 0.1) is 6.61 Å². The molecule has 0 amide bonds. The number of furan rings is 1. The summed E-state index contributed by atoms with van der Waals surface area (Å²) < 4.78 is 49.2. The van der Waals surface area contributed by atoms with Crippen molar-refractivity contribution in [2.75, 3.05) is 6.61 Å². The highest BCUT2D eigenvalue weighted by Crippen LogP contribution is 2.59. The number of hydrogen-bond donors (Lipinski definition) is 1. The summed E-state index contributed by atoms with van der Waals surface area (Å²) in [6, 6.07) is 2.43. The molecule has 0 unspecified atom stereocenters. The van der Waals surface area contributed by atoms with Crippen LogP contribution in [0.4, 0.5) is 13.2 Å². The molecule has 3 atom stereocenters. The third kappa shape index (κ3) is 2.41. The Labute approximate surface area is 125 Å². The summed E-state index contributed by atoms with van der Waals surface area (Å²) >= 11 is 0. The van der Waals surface area contributed by atoms with Gasteiger partial charge in [-0.15, -0.1) is 0 Å². The molecule has 1 heterocycles. The van der Waals surface area contributed by atoms with Crippen LogP contribution in [0.25, 0.3) is 0 Å². The molecule has 0 aromatic carbocycles. The molecule has 0 aliphatic heterocycles. The fourth-order valence-electron chi connectivity index (χ4n) is 2.93. The molecule has 0 saturated heterocycles. The average Bonchev–Trinajstić information content (AvgIpc) is 3.33. The maximum absolute atomic E-state index is 13.2. The molecule has 7 heteroatoms. The van der Waals surface area contributed by atoms with E-state index in [0.717, 1.165) is 25.3 Å². The van der Waals surface area contributed by atoms with Crippen molar-refractivity contribution in [1.29, 1.82) is 0 Å². The van der Waals surface area contributed by atoms with Crippen molar-refractivity contribution in [3.05, 3.63) is 23.7 Å². The molecule has 1 aromatic heterocycles. The van der Waals surface area contributed by atoms with Crippen LogP contribution in [-0.2, 0) is 15.1 Å². The van der Waals surface area contributed by atoms with Crippen LogP contribution < -0.4 is 0 Å². The topological polar surface area (TPSA) is 59.7 Å². The molecular weight excluding hydrogens is 301 g/mol. The van der Waals surface area contributed by atoms with Crippen LogP contribution in [0.15, 0.2) is 16.5 Å². The lowest BCUT2D eigenvalue weighted by Gasteiger charge is -2.25. The first kappa shape index (κ1) is 15.4. The molecular formula is C15H17F3O4. The van der Waals surface area contributed by atoms with Gasteiger partial charge < -0.3 is 14.3 Å². The van der Waals surface area contributed by atoms with Gasteiger partial charge in [-0.25, -0.2) is 4.79 Å². The van der Waals surface area contributed by atoms with Crippen LogP contribution in [0.1, 0.15) is 43.6 Å². The van der Waals surface area contributed by atoms with E-state index in [1.165, 1.54) is 13.0 Å². The second-order valence-corrected chi connectivity index (χ2v) is 5.97. The zero-order valence-corrected chi connectivity index (χ0v) is 12.0. The molecule has 1 N–H and O–H groups in total. The van der Waals surface area contributed by atoms with E-state index in [9.17, 15) is 23.1 Å². The maximum Gasteiger partial charge on any atom is 0.435 e. The Morgan fingerprint density at radius 1 is 1.41 bits per heavy atom. The SMILES string of the molecule is CCOC(=O)[C@](O)(c1ccc([C@H]2C[C@@H]2C2CC2)o1)C(F)(F)F. The third-order valence-corrected chi connectivity index (χ3v) is 4.40. The summed E-state index contributed by atoms with van der Waals surface area (Å²) in [5.74, 6) is -0.988. The molecule has 22 heavy (non-hydrogen) atoms. The van der Waals surface area contributed by atoms with Gasteiger partial charge in [0.25, 0.3) is 0 Å². The molecule has 2 aliphatic rings. The fraction of sp³-hybridized carbons (Fsp3) is 0.667. The number of hydrogen-bond acceptors (Lipinski definition) is 4. The first-order chi connectivity index (χ1) is 10.3. The normalized spacial score (nSPS) is 27.3. The minimum Gasteiger partial charge on any atom is -0.463 e. The zero-order valence-electron chi connectivity index (χ0n) is 12.0. The van der Waals surface area contributed by atoms with Gasteiger partial charge in [0.1, 0.15) is 5.76 Å². The standard InChI is InChI=1S/C15H17F3O4/c1-2-21-13(19)14(20,15(16,17)18)12-6-5-11(22-12)10-7-9(10)8-3-4-8/h5-6,8-10,20H,2-4,7H2,1H3/t9-,10+,14-/m1/s1. The van der Waals surface area contributed by atoms with E-state index in [2.05, 4.69) is 4.74 Å². The van der Waals surface area contributed by atoms with Gasteiger partial charge in [0, 0.05) is 5.92 Å². The van der Waals surface area contributed by atoms with Crippen LogP contribution >= 0.6 is 0 Å². The Balaban J connectivity index is 1.85. The lowest BCUT2D eigenvalue weighted by molar-refractivity contribution is -0.272. The van der Waals surface area contributed by atoms with Crippen molar-refractivity contribution in [2.24, 2.45) is 11.8 Å². The monoisotopic (exact) mass is 318 g/mol. The summed E-state index contributed by atoms with van der Waals surface area (Å²) in [7, 11) is 0. The van der Waals surface area contributed by atoms with Crippen LogP contribution in [0, 0.1) is 11.8 Å². The lowest BCUT2D eigenvalue weighted by Crippen LogP contribution is -2.50. The van der Waals surface area contributed by atoms with E-state index < -0.39 is 23.5 Å². The van der Waals surface area contributed by atoms with Crippen molar-refractivity contribution < 1.29 is 32.2 Å². The number of halogens is 3. The van der Waals surface area contributed by atoms with E-state index in [1.54, 1.807) is 0 Å². The van der Waals surface area contributed by atoms with Crippen molar-refractivity contribution in [3.8, 4) is 0 Å². The van der Waals surface area contributed by atoms with Crippen LogP contribution in [0.5, 0.6) is 0 Å². The predicted octanol–water partition coefficient (Wildman–Crippen LogP) is 3.11. The van der Waals surface area contributed by atoms with Gasteiger partial charge in [-0.1, -0.05) is 0 Å². The Hall–Kier alpha value is -1.50. The first-order valence-corrected chi connectivity index (χ1v) is 7.35. The molecule has 0 radical (unpaired) electrons.